The predicted octanol–water partition coefficient (Wildman–Crippen LogP) is 5.31. The van der Waals surface area contributed by atoms with Gasteiger partial charge in [-0.2, -0.15) is 0 Å². The minimum Gasteiger partial charge on any atom is -0.498 e. The molecular formula is C33H41ClN2O7. The quantitative estimate of drug-likeness (QED) is 0.363. The molecule has 1 N–H and O–H groups in total. The summed E-state index contributed by atoms with van der Waals surface area (Å²) in [5, 5.41) is 11.8. The van der Waals surface area contributed by atoms with Crippen LogP contribution in [0.1, 0.15) is 62.5 Å². The summed E-state index contributed by atoms with van der Waals surface area (Å²) in [4.78, 5) is 26.8. The molecule has 2 aliphatic heterocycles. The highest BCUT2D eigenvalue weighted by Gasteiger charge is 2.40. The minimum absolute atomic E-state index is 0.00680. The van der Waals surface area contributed by atoms with E-state index >= 15 is 0 Å². The Hall–Kier alpha value is -3.11. The Kier molecular flexibility index (Phi) is 10.3. The van der Waals surface area contributed by atoms with Gasteiger partial charge in [-0.15, -0.1) is 0 Å². The molecular weight excluding hydrogens is 572 g/mol. The van der Waals surface area contributed by atoms with Gasteiger partial charge in [-0.3, -0.25) is 9.59 Å². The number of methoxy groups -OCH3 is 2. The fraction of sp³-hybridized carbons (Fsp3) is 0.515. The number of likely N-dealkylation sites (tertiary alicyclic amines) is 1. The number of ether oxygens (including phenoxy) is 4. The molecule has 0 radical (unpaired) electrons. The molecule has 43 heavy (non-hydrogen) atoms. The van der Waals surface area contributed by atoms with Crippen LogP contribution in [0.2, 0.25) is 5.02 Å². The largest absolute Gasteiger partial charge is 0.498 e. The Bertz CT molecular complexity index is 1350. The van der Waals surface area contributed by atoms with E-state index in [4.69, 9.17) is 30.5 Å². The number of aromatic nitrogens is 1. The first-order valence-electron chi connectivity index (χ1n) is 15.0. The number of hydrogen-bond acceptors (Lipinski definition) is 7. The molecule has 3 unspecified atom stereocenters. The van der Waals surface area contributed by atoms with Crippen LogP contribution in [0.4, 0.5) is 0 Å². The van der Waals surface area contributed by atoms with Gasteiger partial charge in [0.1, 0.15) is 18.0 Å². The number of benzene rings is 1. The van der Waals surface area contributed by atoms with Crippen LogP contribution >= 0.6 is 11.6 Å². The number of amides is 1. The van der Waals surface area contributed by atoms with Gasteiger partial charge in [0.2, 0.25) is 5.91 Å². The van der Waals surface area contributed by atoms with Crippen LogP contribution in [-0.4, -0.2) is 72.6 Å². The van der Waals surface area contributed by atoms with Crippen molar-refractivity contribution in [3.8, 4) is 5.69 Å². The highest BCUT2D eigenvalue weighted by molar-refractivity contribution is 6.30. The Labute approximate surface area is 258 Å². The van der Waals surface area contributed by atoms with Crippen LogP contribution in [0.3, 0.4) is 0 Å². The summed E-state index contributed by atoms with van der Waals surface area (Å²) in [5.41, 5.74) is 2.72. The van der Waals surface area contributed by atoms with Crippen LogP contribution in [0, 0.1) is 11.8 Å². The molecule has 10 heteroatoms. The fourth-order valence-electron chi connectivity index (χ4n) is 6.53. The van der Waals surface area contributed by atoms with Gasteiger partial charge in [-0.05, 0) is 62.1 Å². The van der Waals surface area contributed by atoms with Crippen LogP contribution < -0.4 is 0 Å². The Morgan fingerprint density at radius 2 is 1.98 bits per heavy atom. The smallest absolute Gasteiger partial charge is 0.306 e. The van der Waals surface area contributed by atoms with E-state index in [1.807, 2.05) is 48.7 Å². The van der Waals surface area contributed by atoms with E-state index in [0.717, 1.165) is 29.8 Å². The number of halogens is 1. The van der Waals surface area contributed by atoms with Gasteiger partial charge >= 0.3 is 5.97 Å². The third-order valence-electron chi connectivity index (χ3n) is 8.66. The molecule has 1 aromatic carbocycles. The Morgan fingerprint density at radius 3 is 2.70 bits per heavy atom. The van der Waals surface area contributed by atoms with Gasteiger partial charge in [0, 0.05) is 55.7 Å². The molecule has 2 aromatic rings. The number of nitrogens with zero attached hydrogens (tertiary/aromatic N) is 2. The molecule has 0 spiro atoms. The van der Waals surface area contributed by atoms with Crippen LogP contribution in [0.5, 0.6) is 0 Å². The predicted molar refractivity (Wildman–Crippen MR) is 162 cm³/mol. The molecule has 0 bridgehead atoms. The van der Waals surface area contributed by atoms with Gasteiger partial charge in [-0.25, -0.2) is 0 Å². The molecule has 3 aliphatic rings. The van der Waals surface area contributed by atoms with E-state index in [1.54, 1.807) is 26.0 Å². The van der Waals surface area contributed by atoms with Gasteiger partial charge in [0.15, 0.2) is 0 Å². The van der Waals surface area contributed by atoms with Gasteiger partial charge in [0.05, 0.1) is 43.7 Å². The second-order valence-electron chi connectivity index (χ2n) is 11.4. The standard InChI is InChI=1S/C33H41ClN2O7/c1-4-42-31(39)17-21-12-15-35(16-13-21)30(38)20-23(37)19-29-27-8-6-14-36(27)26-11-10-22(34)18-25(26)32(43-29)24-7-5-9-28(40-2)33(24)41-3/h5-11,14,18,21,23-24,29,32-33,37H,4,12-13,15-17,19-20H2,1-3H3/t23?,24?,29-,32-,33?/m1/s1. The molecule has 232 valence electrons. The first-order chi connectivity index (χ1) is 20.8. The van der Waals surface area contributed by atoms with Crippen molar-refractivity contribution in [1.29, 1.82) is 0 Å². The van der Waals surface area contributed by atoms with Crippen molar-refractivity contribution in [3.63, 3.8) is 0 Å². The number of carbonyl (C=O) groups is 2. The van der Waals surface area contributed by atoms with E-state index in [-0.39, 0.29) is 42.7 Å². The SMILES string of the molecule is CCOC(=O)CC1CCN(C(=O)CC(O)C[C@H]2O[C@H](C3C=CC=C(OC)C3OC)c3cc(Cl)ccc3-n3cccc32)CC1. The second-order valence-corrected chi connectivity index (χ2v) is 11.8. The summed E-state index contributed by atoms with van der Waals surface area (Å²) in [6.45, 7) is 3.31. The highest BCUT2D eigenvalue weighted by atomic mass is 35.5. The average Bonchev–Trinajstić information content (AvgIpc) is 3.45. The van der Waals surface area contributed by atoms with Crippen molar-refractivity contribution in [2.45, 2.75) is 63.4 Å². The maximum absolute atomic E-state index is 13.2. The molecule has 1 aliphatic carbocycles. The van der Waals surface area contributed by atoms with Gasteiger partial charge in [-0.1, -0.05) is 23.8 Å². The number of aliphatic hydroxyl groups is 1. The molecule has 3 heterocycles. The second kappa shape index (κ2) is 14.1. The lowest BCUT2D eigenvalue weighted by molar-refractivity contribution is -0.144. The molecule has 1 saturated heterocycles. The number of fused-ring (bicyclic) bond motifs is 3. The molecule has 9 nitrogen and oxygen atoms in total. The van der Waals surface area contributed by atoms with Crippen molar-refractivity contribution in [2.24, 2.45) is 11.8 Å². The van der Waals surface area contributed by atoms with E-state index < -0.39 is 18.3 Å². The molecule has 5 rings (SSSR count). The van der Waals surface area contributed by atoms with Gasteiger partial charge in [0.25, 0.3) is 0 Å². The first kappa shape index (κ1) is 31.3. The number of rotatable bonds is 10. The number of carbonyl (C=O) groups excluding carboxylic acids is 2. The van der Waals surface area contributed by atoms with Gasteiger partial charge < -0.3 is 33.5 Å². The maximum Gasteiger partial charge on any atom is 0.306 e. The number of allylic oxidation sites excluding steroid dienone is 2. The lowest BCUT2D eigenvalue weighted by Crippen LogP contribution is -2.40. The van der Waals surface area contributed by atoms with Crippen molar-refractivity contribution < 1.29 is 33.6 Å². The molecule has 1 amide bonds. The Balaban J connectivity index is 1.32. The highest BCUT2D eigenvalue weighted by Crippen LogP contribution is 2.46. The number of hydrogen-bond donors (Lipinski definition) is 1. The summed E-state index contributed by atoms with van der Waals surface area (Å²) in [5.74, 6) is 0.393. The molecule has 1 aromatic heterocycles. The Morgan fingerprint density at radius 1 is 1.19 bits per heavy atom. The molecule has 1 fully saturated rings. The van der Waals surface area contributed by atoms with Crippen molar-refractivity contribution in [3.05, 3.63) is 76.8 Å². The average molecular weight is 613 g/mol. The van der Waals surface area contributed by atoms with Crippen LogP contribution in [-0.2, 0) is 28.5 Å². The summed E-state index contributed by atoms with van der Waals surface area (Å²) in [7, 11) is 3.27. The van der Waals surface area contributed by atoms with E-state index in [1.165, 1.54) is 0 Å². The van der Waals surface area contributed by atoms with E-state index in [0.29, 0.717) is 36.9 Å². The van der Waals surface area contributed by atoms with E-state index in [9.17, 15) is 14.7 Å². The summed E-state index contributed by atoms with van der Waals surface area (Å²) in [6.07, 6.45) is 7.67. The monoisotopic (exact) mass is 612 g/mol. The zero-order valence-electron chi connectivity index (χ0n) is 25.0. The molecule has 5 atom stereocenters. The zero-order chi connectivity index (χ0) is 30.5. The zero-order valence-corrected chi connectivity index (χ0v) is 25.7. The topological polar surface area (TPSA) is 99.5 Å². The van der Waals surface area contributed by atoms with Crippen molar-refractivity contribution >= 4 is 23.5 Å². The summed E-state index contributed by atoms with van der Waals surface area (Å²) < 4.78 is 25.6. The normalized spacial score (nSPS) is 24.4. The number of esters is 1. The maximum atomic E-state index is 13.2. The first-order valence-corrected chi connectivity index (χ1v) is 15.4. The van der Waals surface area contributed by atoms with Crippen LogP contribution in [0.25, 0.3) is 5.69 Å². The summed E-state index contributed by atoms with van der Waals surface area (Å²) >= 11 is 6.51. The lowest BCUT2D eigenvalue weighted by atomic mass is 9.86. The number of aliphatic hydroxyl groups excluding tert-OH is 1. The van der Waals surface area contributed by atoms with Crippen molar-refractivity contribution in [1.82, 2.24) is 9.47 Å². The minimum atomic E-state index is -0.918. The third kappa shape index (κ3) is 7.01. The lowest BCUT2D eigenvalue weighted by Gasteiger charge is -2.35. The van der Waals surface area contributed by atoms with E-state index in [2.05, 4.69) is 10.6 Å². The summed E-state index contributed by atoms with van der Waals surface area (Å²) in [6, 6.07) is 9.69. The molecule has 0 saturated carbocycles. The fourth-order valence-corrected chi connectivity index (χ4v) is 6.71. The van der Waals surface area contributed by atoms with Crippen molar-refractivity contribution in [2.75, 3.05) is 33.9 Å². The van der Waals surface area contributed by atoms with Crippen LogP contribution in [0.15, 0.2) is 60.5 Å². The third-order valence-corrected chi connectivity index (χ3v) is 8.90. The number of piperidine rings is 1.